The predicted octanol–water partition coefficient (Wildman–Crippen LogP) is 8.54. The number of hydrogen-bond donors (Lipinski definition) is 1. The van der Waals surface area contributed by atoms with Crippen LogP contribution in [0.3, 0.4) is 0 Å². The van der Waals surface area contributed by atoms with Crippen LogP contribution in [-0.2, 0) is 0 Å². The van der Waals surface area contributed by atoms with E-state index in [9.17, 15) is 10.1 Å². The third-order valence-electron chi connectivity index (χ3n) is 6.95. The number of aromatic nitrogens is 1. The first-order chi connectivity index (χ1) is 19.9. The van der Waals surface area contributed by atoms with Gasteiger partial charge in [-0.05, 0) is 91.4 Å². The number of halogens is 1. The Hall–Kier alpha value is -4.18. The van der Waals surface area contributed by atoms with Crippen molar-refractivity contribution in [2.75, 3.05) is 4.90 Å². The molecule has 3 heterocycles. The zero-order chi connectivity index (χ0) is 28.5. The summed E-state index contributed by atoms with van der Waals surface area (Å²) in [6, 6.07) is 29.6. The van der Waals surface area contributed by atoms with Crippen molar-refractivity contribution in [1.82, 2.24) is 10.3 Å². The molecule has 10 heteroatoms. The van der Waals surface area contributed by atoms with E-state index >= 15 is 0 Å². The van der Waals surface area contributed by atoms with Gasteiger partial charge in [-0.25, -0.2) is 0 Å². The van der Waals surface area contributed by atoms with E-state index in [1.54, 1.807) is 18.3 Å². The standard InChI is InChI=1S/C31H23ClN4O3S2/c1-19-24(5-4-6-25(19)32)27-16-17-28(39-27)30-29(26-7-2-3-18-33-26)34-31(40)35(30)20-8-12-22(13-9-20)41-23-14-10-21(11-15-23)36(37)38/h2-18,29-30H,1H3,(H,34,40)/t29-,30-/m0/s1. The van der Waals surface area contributed by atoms with Gasteiger partial charge in [0.25, 0.3) is 5.69 Å². The number of anilines is 1. The van der Waals surface area contributed by atoms with Crippen molar-refractivity contribution >= 4 is 52.1 Å². The zero-order valence-corrected chi connectivity index (χ0v) is 24.1. The van der Waals surface area contributed by atoms with Gasteiger partial charge < -0.3 is 14.6 Å². The molecule has 0 bridgehead atoms. The van der Waals surface area contributed by atoms with E-state index in [1.165, 1.54) is 23.9 Å². The van der Waals surface area contributed by atoms with E-state index in [0.29, 0.717) is 10.1 Å². The second kappa shape index (κ2) is 11.4. The van der Waals surface area contributed by atoms with Crippen molar-refractivity contribution < 1.29 is 9.34 Å². The average Bonchev–Trinajstić information content (AvgIpc) is 3.60. The van der Waals surface area contributed by atoms with E-state index in [-0.39, 0.29) is 17.8 Å². The van der Waals surface area contributed by atoms with Gasteiger partial charge in [0.15, 0.2) is 5.11 Å². The van der Waals surface area contributed by atoms with Crippen LogP contribution < -0.4 is 10.2 Å². The van der Waals surface area contributed by atoms with E-state index in [1.807, 2.05) is 79.7 Å². The lowest BCUT2D eigenvalue weighted by molar-refractivity contribution is -0.384. The Bertz CT molecular complexity index is 1730. The van der Waals surface area contributed by atoms with Crippen LogP contribution in [0, 0.1) is 17.0 Å². The highest BCUT2D eigenvalue weighted by Crippen LogP contribution is 2.44. The van der Waals surface area contributed by atoms with Gasteiger partial charge in [0.05, 0.1) is 16.7 Å². The van der Waals surface area contributed by atoms with Gasteiger partial charge in [-0.1, -0.05) is 41.6 Å². The smallest absolute Gasteiger partial charge is 0.269 e. The average molecular weight is 599 g/mol. The summed E-state index contributed by atoms with van der Waals surface area (Å²) in [6.07, 6.45) is 1.77. The first-order valence-corrected chi connectivity index (χ1v) is 14.4. The maximum absolute atomic E-state index is 11.0. The highest BCUT2D eigenvalue weighted by molar-refractivity contribution is 7.99. The Balaban J connectivity index is 1.33. The molecule has 41 heavy (non-hydrogen) atoms. The van der Waals surface area contributed by atoms with Gasteiger partial charge in [0, 0.05) is 44.4 Å². The van der Waals surface area contributed by atoms with Gasteiger partial charge in [-0.3, -0.25) is 15.1 Å². The molecule has 7 nitrogen and oxygen atoms in total. The number of rotatable bonds is 7. The Morgan fingerprint density at radius 1 is 0.976 bits per heavy atom. The molecular weight excluding hydrogens is 576 g/mol. The van der Waals surface area contributed by atoms with Crippen LogP contribution in [-0.4, -0.2) is 15.0 Å². The zero-order valence-electron chi connectivity index (χ0n) is 21.7. The van der Waals surface area contributed by atoms with Crippen LogP contribution in [0.5, 0.6) is 0 Å². The Morgan fingerprint density at radius 2 is 1.71 bits per heavy atom. The highest BCUT2D eigenvalue weighted by atomic mass is 35.5. The SMILES string of the molecule is Cc1c(Cl)cccc1-c1ccc([C@H]2[C@H](c3ccccn3)NC(=S)N2c2ccc(Sc3ccc([N+](=O)[O-])cc3)cc2)o1. The molecule has 6 rings (SSSR count). The topological polar surface area (TPSA) is 84.4 Å². The number of nitro benzene ring substituents is 1. The lowest BCUT2D eigenvalue weighted by Gasteiger charge is -2.26. The molecule has 0 radical (unpaired) electrons. The molecule has 1 fully saturated rings. The minimum absolute atomic E-state index is 0.0693. The second-order valence-corrected chi connectivity index (χ2v) is 11.4. The summed E-state index contributed by atoms with van der Waals surface area (Å²) in [4.78, 5) is 19.1. The van der Waals surface area contributed by atoms with E-state index < -0.39 is 4.92 Å². The maximum atomic E-state index is 11.0. The normalized spacial score (nSPS) is 16.5. The van der Waals surface area contributed by atoms with E-state index in [4.69, 9.17) is 28.2 Å². The molecule has 1 aliphatic rings. The van der Waals surface area contributed by atoms with Gasteiger partial charge in [0.1, 0.15) is 17.6 Å². The first kappa shape index (κ1) is 27.0. The third kappa shape index (κ3) is 5.44. The molecule has 0 amide bonds. The summed E-state index contributed by atoms with van der Waals surface area (Å²) in [7, 11) is 0. The molecule has 204 valence electrons. The maximum Gasteiger partial charge on any atom is 0.269 e. The third-order valence-corrected chi connectivity index (χ3v) is 8.69. The first-order valence-electron chi connectivity index (χ1n) is 12.8. The van der Waals surface area contributed by atoms with Crippen LogP contribution in [0.25, 0.3) is 11.3 Å². The Kier molecular flexibility index (Phi) is 7.49. The molecule has 2 aromatic heterocycles. The molecule has 0 aliphatic carbocycles. The van der Waals surface area contributed by atoms with E-state index in [2.05, 4.69) is 15.2 Å². The minimum atomic E-state index is -0.400. The van der Waals surface area contributed by atoms with Crippen molar-refractivity contribution in [1.29, 1.82) is 0 Å². The summed E-state index contributed by atoms with van der Waals surface area (Å²) >= 11 is 13.8. The predicted molar refractivity (Wildman–Crippen MR) is 165 cm³/mol. The summed E-state index contributed by atoms with van der Waals surface area (Å²) < 4.78 is 6.49. The molecule has 3 aromatic carbocycles. The van der Waals surface area contributed by atoms with Crippen molar-refractivity contribution in [3.63, 3.8) is 0 Å². The van der Waals surface area contributed by atoms with Crippen molar-refractivity contribution in [3.8, 4) is 11.3 Å². The molecule has 0 unspecified atom stereocenters. The van der Waals surface area contributed by atoms with Crippen molar-refractivity contribution in [2.24, 2.45) is 0 Å². The molecular formula is C31H23ClN4O3S2. The number of furan rings is 1. The summed E-state index contributed by atoms with van der Waals surface area (Å²) in [5.41, 5.74) is 3.71. The largest absolute Gasteiger partial charge is 0.459 e. The lowest BCUT2D eigenvalue weighted by Crippen LogP contribution is -2.29. The molecule has 5 aromatic rings. The van der Waals surface area contributed by atoms with Gasteiger partial charge >= 0.3 is 0 Å². The number of nitrogens with zero attached hydrogens (tertiary/aromatic N) is 3. The van der Waals surface area contributed by atoms with Gasteiger partial charge in [-0.2, -0.15) is 0 Å². The number of hydrogen-bond acceptors (Lipinski definition) is 6. The molecule has 1 saturated heterocycles. The summed E-state index contributed by atoms with van der Waals surface area (Å²) in [5.74, 6) is 1.47. The van der Waals surface area contributed by atoms with E-state index in [0.717, 1.165) is 43.8 Å². The molecule has 2 atom stereocenters. The fourth-order valence-electron chi connectivity index (χ4n) is 4.90. The minimum Gasteiger partial charge on any atom is -0.459 e. The fraction of sp³-hybridized carbons (Fsp3) is 0.0968. The molecule has 1 aliphatic heterocycles. The second-order valence-electron chi connectivity index (χ2n) is 9.46. The number of nitrogens with one attached hydrogen (secondary N) is 1. The fourth-order valence-corrected chi connectivity index (χ4v) is 6.24. The molecule has 0 spiro atoms. The molecule has 1 N–H and O–H groups in total. The van der Waals surface area contributed by atoms with Crippen LogP contribution in [0.1, 0.15) is 29.1 Å². The monoisotopic (exact) mass is 598 g/mol. The number of thiocarbonyl (C=S) groups is 1. The summed E-state index contributed by atoms with van der Waals surface area (Å²) in [5, 5.41) is 15.7. The lowest BCUT2D eigenvalue weighted by atomic mass is 10.0. The number of non-ortho nitro benzene ring substituents is 1. The van der Waals surface area contributed by atoms with Crippen molar-refractivity contribution in [3.05, 3.63) is 135 Å². The Labute approximate surface area is 251 Å². The van der Waals surface area contributed by atoms with Crippen LogP contribution in [0.4, 0.5) is 11.4 Å². The van der Waals surface area contributed by atoms with Gasteiger partial charge in [-0.15, -0.1) is 0 Å². The summed E-state index contributed by atoms with van der Waals surface area (Å²) in [6.45, 7) is 1.98. The van der Waals surface area contributed by atoms with Crippen molar-refractivity contribution in [2.45, 2.75) is 28.8 Å². The van der Waals surface area contributed by atoms with Gasteiger partial charge in [0.2, 0.25) is 0 Å². The van der Waals surface area contributed by atoms with Crippen LogP contribution in [0.15, 0.2) is 117 Å². The highest BCUT2D eigenvalue weighted by Gasteiger charge is 2.42. The van der Waals surface area contributed by atoms with Crippen LogP contribution in [0.2, 0.25) is 5.02 Å². The quantitative estimate of drug-likeness (QED) is 0.113. The molecule has 0 saturated carbocycles. The van der Waals surface area contributed by atoms with Crippen LogP contribution >= 0.6 is 35.6 Å². The number of pyridine rings is 1. The number of benzene rings is 3. The Morgan fingerprint density at radius 3 is 2.39 bits per heavy atom. The number of nitro groups is 1.